The normalized spacial score (nSPS) is 11.2. The zero-order valence-corrected chi connectivity index (χ0v) is 14.1. The lowest BCUT2D eigenvalue weighted by Gasteiger charge is -2.22. The molecule has 0 fully saturated rings. The molecule has 118 valence electrons. The van der Waals surface area contributed by atoms with E-state index in [0.717, 1.165) is 0 Å². The number of ether oxygens (including phenoxy) is 2. The molecule has 0 spiro atoms. The third-order valence-electron chi connectivity index (χ3n) is 3.15. The SMILES string of the molecule is COc1ccccc1P(=O)(OCCCl)c1ccccc1OC. The lowest BCUT2D eigenvalue weighted by atomic mass is 10.3. The highest BCUT2D eigenvalue weighted by molar-refractivity contribution is 7.74. The summed E-state index contributed by atoms with van der Waals surface area (Å²) in [6.07, 6.45) is 0. The molecule has 2 aromatic carbocycles. The fraction of sp³-hybridized carbons (Fsp3) is 0.250. The molecule has 0 N–H and O–H groups in total. The highest BCUT2D eigenvalue weighted by Crippen LogP contribution is 2.49. The predicted octanol–water partition coefficient (Wildman–Crippen LogP) is 3.19. The van der Waals surface area contributed by atoms with Gasteiger partial charge in [-0.15, -0.1) is 11.6 Å². The monoisotopic (exact) mass is 340 g/mol. The molecule has 6 heteroatoms. The minimum absolute atomic E-state index is 0.162. The van der Waals surface area contributed by atoms with E-state index < -0.39 is 7.37 Å². The molecule has 2 aromatic rings. The Hall–Kier alpha value is -1.48. The van der Waals surface area contributed by atoms with E-state index in [1.54, 1.807) is 36.4 Å². The van der Waals surface area contributed by atoms with Crippen LogP contribution in [-0.4, -0.2) is 26.7 Å². The summed E-state index contributed by atoms with van der Waals surface area (Å²) in [7, 11) is -0.314. The minimum atomic E-state index is -3.38. The first-order valence-corrected chi connectivity index (χ1v) is 8.91. The van der Waals surface area contributed by atoms with Crippen LogP contribution in [-0.2, 0) is 9.09 Å². The van der Waals surface area contributed by atoms with E-state index in [2.05, 4.69) is 0 Å². The third-order valence-corrected chi connectivity index (χ3v) is 5.86. The number of benzene rings is 2. The summed E-state index contributed by atoms with van der Waals surface area (Å²) in [6.45, 7) is 0.162. The summed E-state index contributed by atoms with van der Waals surface area (Å²) in [5.41, 5.74) is 0. The maximum absolute atomic E-state index is 13.7. The first kappa shape index (κ1) is 16.9. The van der Waals surface area contributed by atoms with Crippen LogP contribution in [0.2, 0.25) is 0 Å². The summed E-state index contributed by atoms with van der Waals surface area (Å²) in [6, 6.07) is 14.2. The van der Waals surface area contributed by atoms with Crippen molar-refractivity contribution in [1.29, 1.82) is 0 Å². The second kappa shape index (κ2) is 7.68. The molecule has 0 aliphatic carbocycles. The molecule has 0 saturated carbocycles. The van der Waals surface area contributed by atoms with Gasteiger partial charge < -0.3 is 14.0 Å². The fourth-order valence-corrected chi connectivity index (χ4v) is 4.73. The smallest absolute Gasteiger partial charge is 0.268 e. The number of hydrogen-bond acceptors (Lipinski definition) is 4. The second-order valence-corrected chi connectivity index (χ2v) is 7.12. The summed E-state index contributed by atoms with van der Waals surface area (Å²) < 4.78 is 30.1. The predicted molar refractivity (Wildman–Crippen MR) is 89.5 cm³/mol. The van der Waals surface area contributed by atoms with Crippen LogP contribution >= 0.6 is 19.0 Å². The average molecular weight is 341 g/mol. The van der Waals surface area contributed by atoms with Crippen LogP contribution in [0.1, 0.15) is 0 Å². The van der Waals surface area contributed by atoms with Gasteiger partial charge in [0.05, 0.1) is 31.4 Å². The standard InChI is InChI=1S/C16H18ClO4P/c1-19-13-7-3-5-9-15(13)22(18,21-12-11-17)16-10-6-4-8-14(16)20-2/h3-10H,11-12H2,1-2H3. The summed E-state index contributed by atoms with van der Waals surface area (Å²) in [4.78, 5) is 0. The molecule has 0 amide bonds. The van der Waals surface area contributed by atoms with Gasteiger partial charge in [0.15, 0.2) is 0 Å². The Morgan fingerprint density at radius 3 is 1.77 bits per heavy atom. The highest BCUT2D eigenvalue weighted by Gasteiger charge is 2.34. The van der Waals surface area contributed by atoms with Crippen LogP contribution in [0.4, 0.5) is 0 Å². The largest absolute Gasteiger partial charge is 0.496 e. The van der Waals surface area contributed by atoms with E-state index in [-0.39, 0.29) is 12.5 Å². The Morgan fingerprint density at radius 1 is 0.909 bits per heavy atom. The van der Waals surface area contributed by atoms with E-state index in [1.807, 2.05) is 12.1 Å². The number of alkyl halides is 1. The third kappa shape index (κ3) is 3.30. The van der Waals surface area contributed by atoms with Gasteiger partial charge in [0.2, 0.25) is 0 Å². The molecule has 22 heavy (non-hydrogen) atoms. The van der Waals surface area contributed by atoms with Crippen molar-refractivity contribution in [3.8, 4) is 11.5 Å². The van der Waals surface area contributed by atoms with Crippen LogP contribution < -0.4 is 20.1 Å². The number of hydrogen-bond donors (Lipinski definition) is 0. The molecule has 0 radical (unpaired) electrons. The van der Waals surface area contributed by atoms with E-state index in [1.165, 1.54) is 14.2 Å². The van der Waals surface area contributed by atoms with Crippen molar-refractivity contribution in [1.82, 2.24) is 0 Å². The van der Waals surface area contributed by atoms with E-state index in [4.69, 9.17) is 25.6 Å². The summed E-state index contributed by atoms with van der Waals surface area (Å²) in [5.74, 6) is 1.26. The Morgan fingerprint density at radius 2 is 1.36 bits per heavy atom. The molecule has 0 saturated heterocycles. The molecule has 0 aliphatic heterocycles. The van der Waals surface area contributed by atoms with Gasteiger partial charge in [-0.2, -0.15) is 0 Å². The lowest BCUT2D eigenvalue weighted by molar-refractivity contribution is 0.346. The molecular formula is C16H18ClO4P. The van der Waals surface area contributed by atoms with Gasteiger partial charge >= 0.3 is 0 Å². The minimum Gasteiger partial charge on any atom is -0.496 e. The van der Waals surface area contributed by atoms with Crippen molar-refractivity contribution in [3.63, 3.8) is 0 Å². The topological polar surface area (TPSA) is 44.8 Å². The highest BCUT2D eigenvalue weighted by atomic mass is 35.5. The summed E-state index contributed by atoms with van der Waals surface area (Å²) in [5, 5.41) is 0.985. The molecule has 4 nitrogen and oxygen atoms in total. The van der Waals surface area contributed by atoms with Crippen LogP contribution in [0, 0.1) is 0 Å². The number of methoxy groups -OCH3 is 2. The van der Waals surface area contributed by atoms with Gasteiger partial charge in [-0.1, -0.05) is 24.3 Å². The quantitative estimate of drug-likeness (QED) is 0.573. The van der Waals surface area contributed by atoms with Crippen molar-refractivity contribution >= 4 is 29.6 Å². The molecule has 0 heterocycles. The van der Waals surface area contributed by atoms with Gasteiger partial charge in [-0.3, -0.25) is 4.57 Å². The van der Waals surface area contributed by atoms with Crippen molar-refractivity contribution in [2.75, 3.05) is 26.7 Å². The van der Waals surface area contributed by atoms with Crippen LogP contribution in [0.3, 0.4) is 0 Å². The van der Waals surface area contributed by atoms with Gasteiger partial charge in [0.1, 0.15) is 11.5 Å². The van der Waals surface area contributed by atoms with Gasteiger partial charge in [0.25, 0.3) is 7.37 Å². The maximum atomic E-state index is 13.7. The van der Waals surface area contributed by atoms with Gasteiger partial charge in [0, 0.05) is 5.88 Å². The van der Waals surface area contributed by atoms with Gasteiger partial charge in [-0.25, -0.2) is 0 Å². The molecule has 0 aliphatic rings. The van der Waals surface area contributed by atoms with Crippen LogP contribution in [0.25, 0.3) is 0 Å². The lowest BCUT2D eigenvalue weighted by Crippen LogP contribution is -2.22. The molecule has 0 aromatic heterocycles. The van der Waals surface area contributed by atoms with Crippen LogP contribution in [0.15, 0.2) is 48.5 Å². The number of halogens is 1. The Kier molecular flexibility index (Phi) is 5.90. The van der Waals surface area contributed by atoms with Crippen molar-refractivity contribution in [3.05, 3.63) is 48.5 Å². The Balaban J connectivity index is 2.64. The zero-order valence-electron chi connectivity index (χ0n) is 12.5. The maximum Gasteiger partial charge on any atom is 0.268 e. The van der Waals surface area contributed by atoms with Crippen LogP contribution in [0.5, 0.6) is 11.5 Å². The molecular weight excluding hydrogens is 323 g/mol. The molecule has 0 atom stereocenters. The second-order valence-electron chi connectivity index (χ2n) is 4.42. The number of para-hydroxylation sites is 2. The number of rotatable bonds is 7. The Bertz CT molecular complexity index is 623. The average Bonchev–Trinajstić information content (AvgIpc) is 2.59. The van der Waals surface area contributed by atoms with E-state index in [9.17, 15) is 4.57 Å². The van der Waals surface area contributed by atoms with E-state index >= 15 is 0 Å². The Labute approximate surface area is 135 Å². The fourth-order valence-electron chi connectivity index (χ4n) is 2.18. The zero-order chi connectivity index (χ0) is 16.0. The first-order valence-electron chi connectivity index (χ1n) is 6.75. The molecule has 0 bridgehead atoms. The first-order chi connectivity index (χ1) is 10.7. The summed E-state index contributed by atoms with van der Waals surface area (Å²) >= 11 is 5.72. The molecule has 2 rings (SSSR count). The molecule has 0 unspecified atom stereocenters. The van der Waals surface area contributed by atoms with E-state index in [0.29, 0.717) is 22.1 Å². The van der Waals surface area contributed by atoms with Crippen molar-refractivity contribution < 1.29 is 18.6 Å². The van der Waals surface area contributed by atoms with Gasteiger partial charge in [-0.05, 0) is 24.3 Å². The van der Waals surface area contributed by atoms with Crippen molar-refractivity contribution in [2.45, 2.75) is 0 Å². The van der Waals surface area contributed by atoms with Crippen molar-refractivity contribution in [2.24, 2.45) is 0 Å².